The van der Waals surface area contributed by atoms with Crippen molar-refractivity contribution in [2.75, 3.05) is 0 Å². The van der Waals surface area contributed by atoms with Gasteiger partial charge in [0.05, 0.1) is 40.3 Å². The third kappa shape index (κ3) is 4.28. The highest BCUT2D eigenvalue weighted by Gasteiger charge is 2.40. The molecule has 2 aromatic heterocycles. The molecule has 2 aliphatic carbocycles. The molecule has 0 radical (unpaired) electrons. The minimum Gasteiger partial charge on any atom is -0.424 e. The molecule has 0 aromatic carbocycles. The summed E-state index contributed by atoms with van der Waals surface area (Å²) in [5, 5.41) is 10.7. The van der Waals surface area contributed by atoms with Gasteiger partial charge in [0.25, 0.3) is 0 Å². The van der Waals surface area contributed by atoms with Crippen molar-refractivity contribution in [2.45, 2.75) is 42.6 Å². The number of halogens is 2. The molecule has 8 nitrogen and oxygen atoms in total. The predicted molar refractivity (Wildman–Crippen MR) is 110 cm³/mol. The van der Waals surface area contributed by atoms with Crippen LogP contribution in [0.4, 0.5) is 8.78 Å². The topological polar surface area (TPSA) is 119 Å². The molecule has 2 aromatic rings. The van der Waals surface area contributed by atoms with Crippen LogP contribution in [0.15, 0.2) is 45.7 Å². The molecule has 5 rings (SSSR count). The SMILES string of the molecule is NC1(NC(=O)Cc2nnc(CC3=NC4C=CC(c5ccc(F)cn5)=C(F)C4S3)o2)CC1. The fraction of sp³-hybridized carbons (Fsp3) is 0.350. The van der Waals surface area contributed by atoms with Crippen molar-refractivity contribution in [1.82, 2.24) is 20.5 Å². The Balaban J connectivity index is 1.23. The first-order valence-electron chi connectivity index (χ1n) is 9.73. The van der Waals surface area contributed by atoms with E-state index in [-0.39, 0.29) is 36.5 Å². The van der Waals surface area contributed by atoms with Crippen LogP contribution in [0.3, 0.4) is 0 Å². The summed E-state index contributed by atoms with van der Waals surface area (Å²) >= 11 is 1.28. The highest BCUT2D eigenvalue weighted by Crippen LogP contribution is 2.41. The lowest BCUT2D eigenvalue weighted by atomic mass is 9.99. The first-order valence-corrected chi connectivity index (χ1v) is 10.6. The summed E-state index contributed by atoms with van der Waals surface area (Å²) in [6.45, 7) is 0. The molecule has 1 amide bonds. The molecule has 160 valence electrons. The zero-order valence-corrected chi connectivity index (χ0v) is 17.0. The lowest BCUT2D eigenvalue weighted by Crippen LogP contribution is -2.44. The number of carbonyl (C=O) groups is 1. The molecule has 2 unspecified atom stereocenters. The number of allylic oxidation sites excluding steroid dienone is 2. The number of nitrogens with one attached hydrogen (secondary N) is 1. The third-order valence-corrected chi connectivity index (χ3v) is 6.40. The zero-order chi connectivity index (χ0) is 21.6. The maximum atomic E-state index is 15.1. The summed E-state index contributed by atoms with van der Waals surface area (Å²) < 4.78 is 33.7. The van der Waals surface area contributed by atoms with Gasteiger partial charge in [0.1, 0.15) is 18.1 Å². The van der Waals surface area contributed by atoms with Crippen LogP contribution in [0.1, 0.15) is 30.3 Å². The second kappa shape index (κ2) is 7.65. The summed E-state index contributed by atoms with van der Waals surface area (Å²) in [5.74, 6) is -0.610. The van der Waals surface area contributed by atoms with Gasteiger partial charge in [-0.15, -0.1) is 10.2 Å². The molecule has 11 heteroatoms. The van der Waals surface area contributed by atoms with Gasteiger partial charge in [-0.25, -0.2) is 8.78 Å². The largest absolute Gasteiger partial charge is 0.424 e. The van der Waals surface area contributed by atoms with Crippen LogP contribution in [0.2, 0.25) is 0 Å². The van der Waals surface area contributed by atoms with E-state index in [4.69, 9.17) is 10.2 Å². The number of hydrogen-bond acceptors (Lipinski definition) is 8. The summed E-state index contributed by atoms with van der Waals surface area (Å²) in [6.07, 6.45) is 6.20. The van der Waals surface area contributed by atoms with E-state index >= 15 is 4.39 Å². The normalized spacial score (nSPS) is 23.5. The Morgan fingerprint density at radius 1 is 1.29 bits per heavy atom. The van der Waals surface area contributed by atoms with Crippen LogP contribution in [0.5, 0.6) is 0 Å². The average Bonchev–Trinajstić information content (AvgIpc) is 3.11. The number of thioether (sulfide) groups is 1. The van der Waals surface area contributed by atoms with Crippen molar-refractivity contribution in [3.05, 3.63) is 59.6 Å². The molecule has 3 N–H and O–H groups in total. The first kappa shape index (κ1) is 20.0. The van der Waals surface area contributed by atoms with E-state index in [0.717, 1.165) is 19.0 Å². The Hall–Kier alpha value is -2.92. The van der Waals surface area contributed by atoms with Crippen LogP contribution >= 0.6 is 11.8 Å². The maximum Gasteiger partial charge on any atom is 0.230 e. The number of nitrogens with two attached hydrogens (primary N) is 1. The standard InChI is InChI=1S/C20H18F2N6O2S/c21-10-1-3-12(24-9-10)11-2-4-13-19(18(11)22)31-17(25-13)8-16-28-27-15(30-16)7-14(29)26-20(23)5-6-20/h1-4,9,13,19H,5-8,23H2,(H,26,29). The highest BCUT2D eigenvalue weighted by atomic mass is 32.2. The molecule has 31 heavy (non-hydrogen) atoms. The van der Waals surface area contributed by atoms with Gasteiger partial charge in [0.2, 0.25) is 17.7 Å². The molecule has 3 heterocycles. The van der Waals surface area contributed by atoms with Crippen LogP contribution in [0.25, 0.3) is 5.57 Å². The minimum atomic E-state index is -0.598. The fourth-order valence-corrected chi connectivity index (χ4v) is 4.57. The Bertz CT molecular complexity index is 1120. The Labute approximate surface area is 180 Å². The van der Waals surface area contributed by atoms with E-state index in [1.54, 1.807) is 12.2 Å². The number of rotatable bonds is 6. The van der Waals surface area contributed by atoms with Crippen molar-refractivity contribution in [2.24, 2.45) is 10.7 Å². The summed E-state index contributed by atoms with van der Waals surface area (Å²) in [4.78, 5) is 20.5. The van der Waals surface area contributed by atoms with Crippen LogP contribution < -0.4 is 11.1 Å². The second-order valence-electron chi connectivity index (χ2n) is 7.68. The van der Waals surface area contributed by atoms with E-state index in [9.17, 15) is 9.18 Å². The van der Waals surface area contributed by atoms with Crippen LogP contribution in [-0.4, -0.2) is 43.1 Å². The summed E-state index contributed by atoms with van der Waals surface area (Å²) in [6, 6.07) is 2.34. The number of amides is 1. The second-order valence-corrected chi connectivity index (χ2v) is 8.90. The van der Waals surface area contributed by atoms with Crippen molar-refractivity contribution in [3.8, 4) is 0 Å². The zero-order valence-electron chi connectivity index (χ0n) is 16.2. The lowest BCUT2D eigenvalue weighted by Gasteiger charge is -2.19. The Morgan fingerprint density at radius 3 is 2.84 bits per heavy atom. The van der Waals surface area contributed by atoms with E-state index in [1.807, 2.05) is 0 Å². The van der Waals surface area contributed by atoms with Gasteiger partial charge < -0.3 is 15.5 Å². The van der Waals surface area contributed by atoms with E-state index in [2.05, 4.69) is 25.5 Å². The molecular formula is C20H18F2N6O2S. The molecule has 2 atom stereocenters. The highest BCUT2D eigenvalue weighted by molar-refractivity contribution is 8.15. The van der Waals surface area contributed by atoms with Crippen LogP contribution in [0, 0.1) is 5.82 Å². The molecule has 3 aliphatic rings. The van der Waals surface area contributed by atoms with E-state index in [1.165, 1.54) is 23.9 Å². The van der Waals surface area contributed by atoms with Gasteiger partial charge in [-0.3, -0.25) is 14.8 Å². The van der Waals surface area contributed by atoms with Crippen molar-refractivity contribution in [3.63, 3.8) is 0 Å². The van der Waals surface area contributed by atoms with Crippen molar-refractivity contribution in [1.29, 1.82) is 0 Å². The predicted octanol–water partition coefficient (Wildman–Crippen LogP) is 2.09. The molecule has 0 bridgehead atoms. The van der Waals surface area contributed by atoms with Crippen molar-refractivity contribution >= 4 is 28.3 Å². The minimum absolute atomic E-state index is 0.0506. The monoisotopic (exact) mass is 444 g/mol. The number of pyridine rings is 1. The van der Waals surface area contributed by atoms with Gasteiger partial charge in [-0.2, -0.15) is 0 Å². The van der Waals surface area contributed by atoms with Gasteiger partial charge >= 0.3 is 0 Å². The maximum absolute atomic E-state index is 15.1. The number of fused-ring (bicyclic) bond motifs is 1. The molecule has 0 spiro atoms. The number of aliphatic imine (C=N–C) groups is 1. The molecule has 1 saturated carbocycles. The number of aromatic nitrogens is 3. The Kier molecular flexibility index (Phi) is 4.94. The van der Waals surface area contributed by atoms with Gasteiger partial charge in [0.15, 0.2) is 0 Å². The summed E-state index contributed by atoms with van der Waals surface area (Å²) in [7, 11) is 0. The van der Waals surface area contributed by atoms with Crippen molar-refractivity contribution < 1.29 is 18.0 Å². The number of carbonyl (C=O) groups excluding carboxylic acids is 1. The quantitative estimate of drug-likeness (QED) is 0.655. The smallest absolute Gasteiger partial charge is 0.230 e. The van der Waals surface area contributed by atoms with Gasteiger partial charge in [0, 0.05) is 5.57 Å². The molecule has 0 saturated heterocycles. The fourth-order valence-electron chi connectivity index (χ4n) is 3.36. The van der Waals surface area contributed by atoms with Gasteiger partial charge in [-0.05, 0) is 25.0 Å². The van der Waals surface area contributed by atoms with Crippen LogP contribution in [-0.2, 0) is 17.6 Å². The first-order chi connectivity index (χ1) is 14.9. The summed E-state index contributed by atoms with van der Waals surface area (Å²) in [5.41, 5.74) is 5.95. The third-order valence-electron chi connectivity index (χ3n) is 5.14. The molecule has 1 aliphatic heterocycles. The lowest BCUT2D eigenvalue weighted by molar-refractivity contribution is -0.121. The number of nitrogens with zero attached hydrogens (tertiary/aromatic N) is 4. The van der Waals surface area contributed by atoms with E-state index in [0.29, 0.717) is 22.2 Å². The van der Waals surface area contributed by atoms with E-state index < -0.39 is 16.7 Å². The van der Waals surface area contributed by atoms with Gasteiger partial charge in [-0.1, -0.05) is 23.9 Å². The average molecular weight is 444 g/mol. The molecule has 1 fully saturated rings. The molecular weight excluding hydrogens is 426 g/mol. The number of hydrogen-bond donors (Lipinski definition) is 2. The Morgan fingerprint density at radius 2 is 2.10 bits per heavy atom.